The van der Waals surface area contributed by atoms with E-state index in [9.17, 15) is 9.18 Å². The third kappa shape index (κ3) is 3.57. The van der Waals surface area contributed by atoms with Crippen molar-refractivity contribution in [3.05, 3.63) is 59.9 Å². The molecule has 0 aliphatic carbocycles. The van der Waals surface area contributed by atoms with Crippen LogP contribution in [0.2, 0.25) is 0 Å². The van der Waals surface area contributed by atoms with E-state index in [2.05, 4.69) is 0 Å². The van der Waals surface area contributed by atoms with Gasteiger partial charge in [-0.3, -0.25) is 4.79 Å². The van der Waals surface area contributed by atoms with Crippen LogP contribution in [0.25, 0.3) is 0 Å². The molecule has 0 radical (unpaired) electrons. The average molecular weight is 274 g/mol. The van der Waals surface area contributed by atoms with Crippen molar-refractivity contribution in [2.24, 2.45) is 0 Å². The fourth-order valence-electron chi connectivity index (χ4n) is 1.63. The van der Waals surface area contributed by atoms with E-state index in [1.165, 1.54) is 18.2 Å². The molecule has 0 bridgehead atoms. The maximum Gasteiger partial charge on any atom is 0.311 e. The monoisotopic (exact) mass is 274 g/mol. The Balaban J connectivity index is 2.15. The molecule has 2 rings (SSSR count). The summed E-state index contributed by atoms with van der Waals surface area (Å²) in [5.74, 6) is -0.923. The summed E-state index contributed by atoms with van der Waals surface area (Å²) in [5.41, 5.74) is 0.906. The molecule has 104 valence electrons. The first-order chi connectivity index (χ1) is 9.70. The van der Waals surface area contributed by atoms with Crippen LogP contribution < -0.4 is 9.47 Å². The van der Waals surface area contributed by atoms with Crippen molar-refractivity contribution in [1.82, 2.24) is 0 Å². The zero-order chi connectivity index (χ0) is 14.4. The van der Waals surface area contributed by atoms with Gasteiger partial charge in [0.05, 0.1) is 0 Å². The third-order valence-electron chi connectivity index (χ3n) is 2.67. The number of ether oxygens (including phenoxy) is 2. The minimum atomic E-state index is -0.553. The quantitative estimate of drug-likeness (QED) is 0.615. The summed E-state index contributed by atoms with van der Waals surface area (Å²) in [6.07, 6.45) is 0.217. The zero-order valence-electron chi connectivity index (χ0n) is 11.1. The molecule has 20 heavy (non-hydrogen) atoms. The predicted molar refractivity (Wildman–Crippen MR) is 73.1 cm³/mol. The van der Waals surface area contributed by atoms with E-state index < -0.39 is 11.8 Å². The summed E-state index contributed by atoms with van der Waals surface area (Å²) < 4.78 is 24.3. The molecule has 0 heterocycles. The van der Waals surface area contributed by atoms with Gasteiger partial charge in [0.2, 0.25) is 0 Å². The van der Waals surface area contributed by atoms with Gasteiger partial charge in [-0.1, -0.05) is 43.3 Å². The Morgan fingerprint density at radius 1 is 1.10 bits per heavy atom. The van der Waals surface area contributed by atoms with Gasteiger partial charge >= 0.3 is 5.97 Å². The SMILES string of the molecule is CCC(=O)Oc1cccc(F)c1OCc1ccccc1. The number of halogens is 1. The molecule has 0 aliphatic rings. The molecule has 2 aromatic rings. The third-order valence-corrected chi connectivity index (χ3v) is 2.67. The molecule has 2 aromatic carbocycles. The molecule has 0 aromatic heterocycles. The van der Waals surface area contributed by atoms with E-state index in [1.807, 2.05) is 30.3 Å². The second-order valence-corrected chi connectivity index (χ2v) is 4.17. The lowest BCUT2D eigenvalue weighted by Crippen LogP contribution is -2.08. The van der Waals surface area contributed by atoms with Gasteiger partial charge in [0.25, 0.3) is 0 Å². The van der Waals surface area contributed by atoms with E-state index >= 15 is 0 Å². The molecule has 0 unspecified atom stereocenters. The highest BCUT2D eigenvalue weighted by atomic mass is 19.1. The average Bonchev–Trinajstić information content (AvgIpc) is 2.47. The first-order valence-corrected chi connectivity index (χ1v) is 6.36. The topological polar surface area (TPSA) is 35.5 Å². The van der Waals surface area contributed by atoms with E-state index in [-0.39, 0.29) is 24.5 Å². The Morgan fingerprint density at radius 3 is 2.55 bits per heavy atom. The lowest BCUT2D eigenvalue weighted by Gasteiger charge is -2.12. The van der Waals surface area contributed by atoms with Crippen molar-refractivity contribution >= 4 is 5.97 Å². The highest BCUT2D eigenvalue weighted by Gasteiger charge is 2.14. The summed E-state index contributed by atoms with van der Waals surface area (Å²) in [6, 6.07) is 13.6. The molecule has 4 heteroatoms. The molecule has 0 spiro atoms. The van der Waals surface area contributed by atoms with Crippen LogP contribution in [-0.2, 0) is 11.4 Å². The van der Waals surface area contributed by atoms with E-state index in [1.54, 1.807) is 6.92 Å². The van der Waals surface area contributed by atoms with Gasteiger partial charge in [-0.2, -0.15) is 0 Å². The van der Waals surface area contributed by atoms with Gasteiger partial charge in [-0.15, -0.1) is 0 Å². The molecular formula is C16H15FO3. The van der Waals surface area contributed by atoms with Crippen LogP contribution in [-0.4, -0.2) is 5.97 Å². The molecule has 0 aliphatic heterocycles. The summed E-state index contributed by atoms with van der Waals surface area (Å²) >= 11 is 0. The highest BCUT2D eigenvalue weighted by molar-refractivity contribution is 5.72. The highest BCUT2D eigenvalue weighted by Crippen LogP contribution is 2.31. The Kier molecular flexibility index (Phi) is 4.71. The number of para-hydroxylation sites is 1. The molecule has 0 amide bonds. The van der Waals surface area contributed by atoms with Crippen LogP contribution in [0.1, 0.15) is 18.9 Å². The van der Waals surface area contributed by atoms with Gasteiger partial charge in [0.15, 0.2) is 17.3 Å². The summed E-state index contributed by atoms with van der Waals surface area (Å²) in [7, 11) is 0. The van der Waals surface area contributed by atoms with Crippen molar-refractivity contribution in [3.63, 3.8) is 0 Å². The van der Waals surface area contributed by atoms with Gasteiger partial charge in [0, 0.05) is 6.42 Å². The Bertz CT molecular complexity index is 582. The van der Waals surface area contributed by atoms with E-state index in [0.29, 0.717) is 0 Å². The lowest BCUT2D eigenvalue weighted by atomic mass is 10.2. The number of carbonyl (C=O) groups is 1. The van der Waals surface area contributed by atoms with Crippen molar-refractivity contribution in [1.29, 1.82) is 0 Å². The number of benzene rings is 2. The fourth-order valence-corrected chi connectivity index (χ4v) is 1.63. The van der Waals surface area contributed by atoms with E-state index in [0.717, 1.165) is 5.56 Å². The predicted octanol–water partition coefficient (Wildman–Crippen LogP) is 3.72. The largest absolute Gasteiger partial charge is 0.482 e. The van der Waals surface area contributed by atoms with Crippen molar-refractivity contribution in [2.75, 3.05) is 0 Å². The Labute approximate surface area is 117 Å². The second-order valence-electron chi connectivity index (χ2n) is 4.17. The van der Waals surface area contributed by atoms with Crippen LogP contribution in [0.15, 0.2) is 48.5 Å². The van der Waals surface area contributed by atoms with Crippen LogP contribution in [0.5, 0.6) is 11.5 Å². The van der Waals surface area contributed by atoms with Gasteiger partial charge in [-0.25, -0.2) is 4.39 Å². The Hall–Kier alpha value is -2.36. The normalized spacial score (nSPS) is 10.1. The maximum absolute atomic E-state index is 13.8. The molecule has 0 atom stereocenters. The van der Waals surface area contributed by atoms with Gasteiger partial charge in [0.1, 0.15) is 6.61 Å². The lowest BCUT2D eigenvalue weighted by molar-refractivity contribution is -0.134. The summed E-state index contributed by atoms with van der Waals surface area (Å²) in [5, 5.41) is 0. The summed E-state index contributed by atoms with van der Waals surface area (Å²) in [4.78, 5) is 11.3. The van der Waals surface area contributed by atoms with Crippen molar-refractivity contribution < 1.29 is 18.7 Å². The number of esters is 1. The maximum atomic E-state index is 13.8. The van der Waals surface area contributed by atoms with Crippen LogP contribution >= 0.6 is 0 Å². The van der Waals surface area contributed by atoms with Crippen LogP contribution in [0.3, 0.4) is 0 Å². The van der Waals surface area contributed by atoms with E-state index in [4.69, 9.17) is 9.47 Å². The van der Waals surface area contributed by atoms with Gasteiger partial charge in [-0.05, 0) is 17.7 Å². The smallest absolute Gasteiger partial charge is 0.311 e. The Morgan fingerprint density at radius 2 is 1.85 bits per heavy atom. The number of hydrogen-bond donors (Lipinski definition) is 0. The van der Waals surface area contributed by atoms with Crippen molar-refractivity contribution in [2.45, 2.75) is 20.0 Å². The second kappa shape index (κ2) is 6.70. The first-order valence-electron chi connectivity index (χ1n) is 6.36. The van der Waals surface area contributed by atoms with Crippen molar-refractivity contribution in [3.8, 4) is 11.5 Å². The standard InChI is InChI=1S/C16H15FO3/c1-2-15(18)20-14-10-6-9-13(17)16(14)19-11-12-7-4-3-5-8-12/h3-10H,2,11H2,1H3. The molecule has 0 fully saturated rings. The number of carbonyl (C=O) groups excluding carboxylic acids is 1. The number of rotatable bonds is 5. The minimum absolute atomic E-state index is 0.0434. The zero-order valence-corrected chi connectivity index (χ0v) is 11.1. The van der Waals surface area contributed by atoms with Crippen LogP contribution in [0, 0.1) is 5.82 Å². The summed E-state index contributed by atoms with van der Waals surface area (Å²) in [6.45, 7) is 1.88. The van der Waals surface area contributed by atoms with Gasteiger partial charge < -0.3 is 9.47 Å². The molecule has 0 N–H and O–H groups in total. The fraction of sp³-hybridized carbons (Fsp3) is 0.188. The minimum Gasteiger partial charge on any atom is -0.482 e. The molecular weight excluding hydrogens is 259 g/mol. The number of hydrogen-bond acceptors (Lipinski definition) is 3. The molecule has 0 saturated carbocycles. The van der Waals surface area contributed by atoms with Crippen LogP contribution in [0.4, 0.5) is 4.39 Å². The molecule has 0 saturated heterocycles. The first kappa shape index (κ1) is 14.1. The molecule has 3 nitrogen and oxygen atoms in total.